The van der Waals surface area contributed by atoms with Crippen LogP contribution in [0.15, 0.2) is 55.1 Å². The number of rotatable bonds is 0. The lowest BCUT2D eigenvalue weighted by Gasteiger charge is -2.03. The first-order valence-corrected chi connectivity index (χ1v) is 4.43. The van der Waals surface area contributed by atoms with Gasteiger partial charge in [-0.25, -0.2) is 0 Å². The number of nitrogens with zero attached hydrogens (tertiary/aromatic N) is 2. The standard InChI is InChI=1S/C6H4F3N.C5H5N/c7-6(8,9)5-1-3-10-4-2-5;1-2-4-6-5-3-1/h1-4H;1-5H. The van der Waals surface area contributed by atoms with Crippen LogP contribution in [0, 0.1) is 0 Å². The Kier molecular flexibility index (Phi) is 4.44. The SMILES string of the molecule is FC(F)(F)c1ccncc1.c1ccncc1. The number of alkyl halides is 3. The fraction of sp³-hybridized carbons (Fsp3) is 0.0909. The summed E-state index contributed by atoms with van der Waals surface area (Å²) in [6.07, 6.45) is 1.48. The molecule has 2 aromatic heterocycles. The Morgan fingerprint density at radius 1 is 0.750 bits per heavy atom. The predicted molar refractivity (Wildman–Crippen MR) is 53.5 cm³/mol. The molecule has 0 aliphatic carbocycles. The number of hydrogen-bond acceptors (Lipinski definition) is 2. The van der Waals surface area contributed by atoms with Crippen LogP contribution in [0.4, 0.5) is 13.2 Å². The van der Waals surface area contributed by atoms with Gasteiger partial charge in [0.25, 0.3) is 0 Å². The molecular formula is C11H9F3N2. The van der Waals surface area contributed by atoms with Crippen LogP contribution in [-0.4, -0.2) is 9.97 Å². The molecule has 0 fully saturated rings. The minimum absolute atomic E-state index is 0.664. The number of halogens is 3. The van der Waals surface area contributed by atoms with E-state index in [1.54, 1.807) is 12.4 Å². The summed E-state index contributed by atoms with van der Waals surface area (Å²) in [5.41, 5.74) is -0.664. The highest BCUT2D eigenvalue weighted by Gasteiger charge is 2.29. The van der Waals surface area contributed by atoms with Gasteiger partial charge >= 0.3 is 6.18 Å². The van der Waals surface area contributed by atoms with Crippen molar-refractivity contribution in [3.8, 4) is 0 Å². The van der Waals surface area contributed by atoms with E-state index in [9.17, 15) is 13.2 Å². The van der Waals surface area contributed by atoms with Crippen molar-refractivity contribution < 1.29 is 13.2 Å². The van der Waals surface area contributed by atoms with E-state index in [1.807, 2.05) is 18.2 Å². The third-order valence-corrected chi connectivity index (χ3v) is 1.57. The molecule has 84 valence electrons. The lowest BCUT2D eigenvalue weighted by atomic mass is 10.3. The predicted octanol–water partition coefficient (Wildman–Crippen LogP) is 3.18. The Morgan fingerprint density at radius 2 is 1.25 bits per heavy atom. The van der Waals surface area contributed by atoms with Gasteiger partial charge in [0.1, 0.15) is 0 Å². The van der Waals surface area contributed by atoms with Crippen LogP contribution >= 0.6 is 0 Å². The van der Waals surface area contributed by atoms with E-state index in [0.717, 1.165) is 24.5 Å². The van der Waals surface area contributed by atoms with Crippen molar-refractivity contribution in [1.82, 2.24) is 9.97 Å². The van der Waals surface area contributed by atoms with Gasteiger partial charge in [0.2, 0.25) is 0 Å². The topological polar surface area (TPSA) is 25.8 Å². The normalized spacial score (nSPS) is 10.2. The van der Waals surface area contributed by atoms with Crippen LogP contribution in [0.5, 0.6) is 0 Å². The van der Waals surface area contributed by atoms with Gasteiger partial charge in [0.05, 0.1) is 5.56 Å². The zero-order chi connectivity index (χ0) is 11.9. The van der Waals surface area contributed by atoms with Crippen molar-refractivity contribution in [2.24, 2.45) is 0 Å². The maximum Gasteiger partial charge on any atom is 0.416 e. The molecule has 0 N–H and O–H groups in total. The molecule has 2 nitrogen and oxygen atoms in total. The van der Waals surface area contributed by atoms with Gasteiger partial charge in [0.15, 0.2) is 0 Å². The molecule has 0 amide bonds. The van der Waals surface area contributed by atoms with E-state index < -0.39 is 11.7 Å². The minimum atomic E-state index is -4.25. The zero-order valence-electron chi connectivity index (χ0n) is 8.22. The van der Waals surface area contributed by atoms with Gasteiger partial charge in [-0.05, 0) is 24.3 Å². The first-order valence-electron chi connectivity index (χ1n) is 4.43. The summed E-state index contributed by atoms with van der Waals surface area (Å²) in [6.45, 7) is 0. The van der Waals surface area contributed by atoms with Crippen LogP contribution in [-0.2, 0) is 6.18 Å². The summed E-state index contributed by atoms with van der Waals surface area (Å²) in [4.78, 5) is 7.24. The summed E-state index contributed by atoms with van der Waals surface area (Å²) >= 11 is 0. The molecule has 0 aromatic carbocycles. The molecule has 0 spiro atoms. The molecule has 0 radical (unpaired) electrons. The van der Waals surface area contributed by atoms with E-state index in [0.29, 0.717) is 0 Å². The number of hydrogen-bond donors (Lipinski definition) is 0. The summed E-state index contributed by atoms with van der Waals surface area (Å²) in [5.74, 6) is 0. The Balaban J connectivity index is 0.000000181. The van der Waals surface area contributed by atoms with E-state index in [-0.39, 0.29) is 0 Å². The van der Waals surface area contributed by atoms with E-state index in [4.69, 9.17) is 0 Å². The summed E-state index contributed by atoms with van der Waals surface area (Å²) < 4.78 is 35.3. The van der Waals surface area contributed by atoms with Gasteiger partial charge < -0.3 is 0 Å². The fourth-order valence-corrected chi connectivity index (χ4v) is 0.853. The van der Waals surface area contributed by atoms with Gasteiger partial charge in [-0.1, -0.05) is 6.07 Å². The van der Waals surface area contributed by atoms with Crippen molar-refractivity contribution in [3.63, 3.8) is 0 Å². The van der Waals surface area contributed by atoms with Crippen molar-refractivity contribution in [2.75, 3.05) is 0 Å². The molecular weight excluding hydrogens is 217 g/mol. The molecule has 0 bridgehead atoms. The molecule has 16 heavy (non-hydrogen) atoms. The van der Waals surface area contributed by atoms with E-state index >= 15 is 0 Å². The molecule has 2 aromatic rings. The Morgan fingerprint density at radius 3 is 1.50 bits per heavy atom. The lowest BCUT2D eigenvalue weighted by Crippen LogP contribution is -2.03. The van der Waals surface area contributed by atoms with Crippen molar-refractivity contribution in [1.29, 1.82) is 0 Å². The highest BCUT2D eigenvalue weighted by atomic mass is 19.4. The van der Waals surface area contributed by atoms with Gasteiger partial charge in [-0.15, -0.1) is 0 Å². The van der Waals surface area contributed by atoms with Crippen LogP contribution in [0.2, 0.25) is 0 Å². The molecule has 0 atom stereocenters. The van der Waals surface area contributed by atoms with Crippen molar-refractivity contribution in [3.05, 3.63) is 60.7 Å². The summed E-state index contributed by atoms with van der Waals surface area (Å²) in [7, 11) is 0. The smallest absolute Gasteiger partial charge is 0.265 e. The third-order valence-electron chi connectivity index (χ3n) is 1.57. The fourth-order valence-electron chi connectivity index (χ4n) is 0.853. The second kappa shape index (κ2) is 5.85. The molecule has 0 saturated carbocycles. The van der Waals surface area contributed by atoms with Gasteiger partial charge in [-0.3, -0.25) is 9.97 Å². The second-order valence-corrected chi connectivity index (χ2v) is 2.76. The number of aromatic nitrogens is 2. The average molecular weight is 226 g/mol. The van der Waals surface area contributed by atoms with Crippen LogP contribution < -0.4 is 0 Å². The lowest BCUT2D eigenvalue weighted by molar-refractivity contribution is -0.137. The molecule has 0 saturated heterocycles. The number of pyridine rings is 2. The Labute approximate surface area is 90.8 Å². The van der Waals surface area contributed by atoms with Crippen molar-refractivity contribution >= 4 is 0 Å². The molecule has 0 aliphatic heterocycles. The average Bonchev–Trinajstić information content (AvgIpc) is 2.32. The largest absolute Gasteiger partial charge is 0.416 e. The molecule has 2 rings (SSSR count). The van der Waals surface area contributed by atoms with Crippen molar-refractivity contribution in [2.45, 2.75) is 6.18 Å². The van der Waals surface area contributed by atoms with Crippen LogP contribution in [0.3, 0.4) is 0 Å². The molecule has 0 aliphatic rings. The van der Waals surface area contributed by atoms with Gasteiger partial charge in [0, 0.05) is 24.8 Å². The Bertz CT molecular complexity index is 360. The van der Waals surface area contributed by atoms with E-state index in [1.165, 1.54) is 0 Å². The monoisotopic (exact) mass is 226 g/mol. The minimum Gasteiger partial charge on any atom is -0.265 e. The third kappa shape index (κ3) is 4.54. The highest BCUT2D eigenvalue weighted by Crippen LogP contribution is 2.27. The molecule has 0 unspecified atom stereocenters. The quantitative estimate of drug-likeness (QED) is 0.689. The summed E-state index contributed by atoms with van der Waals surface area (Å²) in [6, 6.07) is 7.58. The van der Waals surface area contributed by atoms with Gasteiger partial charge in [-0.2, -0.15) is 13.2 Å². The maximum atomic E-state index is 11.8. The van der Waals surface area contributed by atoms with E-state index in [2.05, 4.69) is 9.97 Å². The Hall–Kier alpha value is -1.91. The first-order chi connectivity index (χ1) is 7.61. The second-order valence-electron chi connectivity index (χ2n) is 2.76. The summed E-state index contributed by atoms with van der Waals surface area (Å²) in [5, 5.41) is 0. The van der Waals surface area contributed by atoms with Crippen LogP contribution in [0.25, 0.3) is 0 Å². The van der Waals surface area contributed by atoms with Crippen LogP contribution in [0.1, 0.15) is 5.56 Å². The molecule has 5 heteroatoms. The maximum absolute atomic E-state index is 11.8. The first kappa shape index (κ1) is 12.2. The molecule has 2 heterocycles. The highest BCUT2D eigenvalue weighted by molar-refractivity contribution is 5.12. The zero-order valence-corrected chi connectivity index (χ0v) is 8.22.